The highest BCUT2D eigenvalue weighted by molar-refractivity contribution is 8.18. The van der Waals surface area contributed by atoms with Gasteiger partial charge in [-0.2, -0.15) is 5.10 Å². The van der Waals surface area contributed by atoms with Gasteiger partial charge in [0.2, 0.25) is 0 Å². The van der Waals surface area contributed by atoms with Crippen LogP contribution in [0.1, 0.15) is 28.5 Å². The third kappa shape index (κ3) is 4.91. The molecule has 3 aromatic rings. The Kier molecular flexibility index (Phi) is 6.87. The lowest BCUT2D eigenvalue weighted by Gasteiger charge is -2.13. The number of nitrogens with one attached hydrogen (secondary N) is 1. The minimum Gasteiger partial charge on any atom is -0.350 e. The smallest absolute Gasteiger partial charge is 0.293 e. The molecule has 1 N–H and O–H groups in total. The molecule has 1 aliphatic rings. The number of imide groups is 1. The predicted molar refractivity (Wildman–Crippen MR) is 124 cm³/mol. The van der Waals surface area contributed by atoms with Crippen LogP contribution in [0.25, 0.3) is 11.8 Å². The lowest BCUT2D eigenvalue weighted by atomic mass is 10.2. The van der Waals surface area contributed by atoms with Gasteiger partial charge in [0.15, 0.2) is 0 Å². The molecule has 1 aromatic heterocycles. The first-order chi connectivity index (χ1) is 16.4. The highest BCUT2D eigenvalue weighted by atomic mass is 32.2. The topological polar surface area (TPSA) is 84.3 Å². The first kappa shape index (κ1) is 23.4. The van der Waals surface area contributed by atoms with E-state index in [1.165, 1.54) is 48.7 Å². The number of hydrogen-bond donors (Lipinski definition) is 1. The van der Waals surface area contributed by atoms with Gasteiger partial charge in [-0.05, 0) is 66.2 Å². The summed E-state index contributed by atoms with van der Waals surface area (Å²) in [6, 6.07) is 11.4. The predicted octanol–water partition coefficient (Wildman–Crippen LogP) is 4.18. The van der Waals surface area contributed by atoms with Crippen LogP contribution in [0.15, 0.2) is 59.6 Å². The van der Waals surface area contributed by atoms with Crippen molar-refractivity contribution in [3.05, 3.63) is 88.1 Å². The van der Waals surface area contributed by atoms with Crippen molar-refractivity contribution in [2.24, 2.45) is 0 Å². The third-order valence-corrected chi connectivity index (χ3v) is 6.09. The van der Waals surface area contributed by atoms with Crippen LogP contribution in [-0.4, -0.2) is 44.8 Å². The van der Waals surface area contributed by atoms with E-state index >= 15 is 0 Å². The summed E-state index contributed by atoms with van der Waals surface area (Å²) in [6.07, 6.45) is 3.47. The number of carbonyl (C=O) groups is 3. The van der Waals surface area contributed by atoms with E-state index in [2.05, 4.69) is 10.4 Å². The molecule has 1 saturated heterocycles. The summed E-state index contributed by atoms with van der Waals surface area (Å²) in [5.74, 6) is -1.62. The molecular weight excluding hydrogens is 462 g/mol. The quantitative estimate of drug-likeness (QED) is 0.511. The summed E-state index contributed by atoms with van der Waals surface area (Å²) in [7, 11) is 0. The maximum absolute atomic E-state index is 13.2. The van der Waals surface area contributed by atoms with Crippen molar-refractivity contribution in [1.82, 2.24) is 20.0 Å². The molecule has 2 aromatic carbocycles. The highest BCUT2D eigenvalue weighted by Crippen LogP contribution is 2.31. The van der Waals surface area contributed by atoms with Crippen LogP contribution >= 0.6 is 11.8 Å². The molecule has 4 rings (SSSR count). The molecule has 2 heterocycles. The van der Waals surface area contributed by atoms with E-state index in [1.807, 2.05) is 6.92 Å². The molecule has 0 unspecified atom stereocenters. The van der Waals surface area contributed by atoms with Crippen molar-refractivity contribution >= 4 is 34.9 Å². The largest absolute Gasteiger partial charge is 0.350 e. The van der Waals surface area contributed by atoms with E-state index in [4.69, 9.17) is 0 Å². The third-order valence-electron chi connectivity index (χ3n) is 5.18. The molecule has 10 heteroatoms. The van der Waals surface area contributed by atoms with Crippen LogP contribution in [0.5, 0.6) is 0 Å². The number of carbonyl (C=O) groups excluding carboxylic acids is 3. The van der Waals surface area contributed by atoms with Gasteiger partial charge >= 0.3 is 0 Å². The summed E-state index contributed by atoms with van der Waals surface area (Å²) >= 11 is 0.796. The Bertz CT molecular complexity index is 1270. The van der Waals surface area contributed by atoms with E-state index < -0.39 is 17.0 Å². The first-order valence-corrected chi connectivity index (χ1v) is 11.3. The van der Waals surface area contributed by atoms with Crippen LogP contribution in [-0.2, 0) is 11.2 Å². The number of thioether (sulfide) groups is 1. The number of halogens is 2. The molecule has 3 amide bonds. The molecule has 0 spiro atoms. The van der Waals surface area contributed by atoms with Gasteiger partial charge in [0.05, 0.1) is 28.0 Å². The highest BCUT2D eigenvalue weighted by Gasteiger charge is 2.34. The number of aromatic nitrogens is 2. The van der Waals surface area contributed by atoms with E-state index in [9.17, 15) is 23.2 Å². The molecule has 0 bridgehead atoms. The molecule has 34 heavy (non-hydrogen) atoms. The Morgan fingerprint density at radius 2 is 1.71 bits per heavy atom. The monoisotopic (exact) mass is 482 g/mol. The van der Waals surface area contributed by atoms with E-state index in [0.29, 0.717) is 28.9 Å². The molecular formula is C24H20F2N4O3S. The molecule has 7 nitrogen and oxygen atoms in total. The summed E-state index contributed by atoms with van der Waals surface area (Å²) < 4.78 is 27.9. The molecule has 174 valence electrons. The van der Waals surface area contributed by atoms with Crippen molar-refractivity contribution in [3.63, 3.8) is 0 Å². The Hall–Kier alpha value is -3.79. The zero-order valence-corrected chi connectivity index (χ0v) is 18.9. The van der Waals surface area contributed by atoms with Gasteiger partial charge in [-0.3, -0.25) is 19.3 Å². The van der Waals surface area contributed by atoms with Crippen LogP contribution < -0.4 is 5.32 Å². The summed E-state index contributed by atoms with van der Waals surface area (Å²) in [5, 5.41) is 6.53. The number of rotatable bonds is 7. The van der Waals surface area contributed by atoms with Crippen molar-refractivity contribution in [2.75, 3.05) is 13.1 Å². The molecule has 0 saturated carbocycles. The average Bonchev–Trinajstić information content (AvgIpc) is 3.37. The zero-order chi connectivity index (χ0) is 24.2. The standard InChI is InChI=1S/C24H20F2N4O3S/c1-2-20-19(14-28-30(20)18-9-7-17(26)8-10-18)22(31)27-11-12-29-23(32)21(34-24(29)33)13-15-3-5-16(25)6-4-15/h3-10,13-14H,2,11-12H2,1H3,(H,27,31)/b21-13+. The summed E-state index contributed by atoms with van der Waals surface area (Å²) in [5.41, 5.74) is 2.24. The average molecular weight is 483 g/mol. The van der Waals surface area contributed by atoms with Crippen molar-refractivity contribution in [3.8, 4) is 5.69 Å². The summed E-state index contributed by atoms with van der Waals surface area (Å²) in [6.45, 7) is 1.94. The SMILES string of the molecule is CCc1c(C(=O)NCCN2C(=O)S/C(=C/c3ccc(F)cc3)C2=O)cnn1-c1ccc(F)cc1. The maximum atomic E-state index is 13.2. The van der Waals surface area contributed by atoms with Crippen LogP contribution in [0, 0.1) is 11.6 Å². The van der Waals surface area contributed by atoms with Crippen LogP contribution in [0.3, 0.4) is 0 Å². The second-order valence-corrected chi connectivity index (χ2v) is 8.38. The molecule has 0 atom stereocenters. The van der Waals surface area contributed by atoms with Crippen molar-refractivity contribution < 1.29 is 23.2 Å². The van der Waals surface area contributed by atoms with E-state index in [1.54, 1.807) is 16.8 Å². The zero-order valence-electron chi connectivity index (χ0n) is 18.1. The van der Waals surface area contributed by atoms with Crippen LogP contribution in [0.4, 0.5) is 13.6 Å². The van der Waals surface area contributed by atoms with Crippen molar-refractivity contribution in [1.29, 1.82) is 0 Å². The van der Waals surface area contributed by atoms with E-state index in [0.717, 1.165) is 16.7 Å². The van der Waals surface area contributed by atoms with Crippen LogP contribution in [0.2, 0.25) is 0 Å². The number of hydrogen-bond acceptors (Lipinski definition) is 5. The van der Waals surface area contributed by atoms with E-state index in [-0.39, 0.29) is 29.7 Å². The normalized spacial score (nSPS) is 14.8. The first-order valence-electron chi connectivity index (χ1n) is 10.5. The number of benzene rings is 2. The van der Waals surface area contributed by atoms with Gasteiger partial charge in [-0.15, -0.1) is 0 Å². The van der Waals surface area contributed by atoms with Crippen molar-refractivity contribution in [2.45, 2.75) is 13.3 Å². The van der Waals surface area contributed by atoms with Gasteiger partial charge in [-0.1, -0.05) is 19.1 Å². The Morgan fingerprint density at radius 3 is 2.35 bits per heavy atom. The molecule has 1 aliphatic heterocycles. The van der Waals surface area contributed by atoms with Gasteiger partial charge in [0.1, 0.15) is 11.6 Å². The van der Waals surface area contributed by atoms with Gasteiger partial charge in [-0.25, -0.2) is 13.5 Å². The summed E-state index contributed by atoms with van der Waals surface area (Å²) in [4.78, 5) is 38.9. The Morgan fingerprint density at radius 1 is 1.06 bits per heavy atom. The fraction of sp³-hybridized carbons (Fsp3) is 0.167. The second kappa shape index (κ2) is 10.0. The molecule has 0 aliphatic carbocycles. The minimum atomic E-state index is -0.466. The fourth-order valence-electron chi connectivity index (χ4n) is 3.49. The maximum Gasteiger partial charge on any atom is 0.293 e. The fourth-order valence-corrected chi connectivity index (χ4v) is 4.35. The minimum absolute atomic E-state index is 0.00468. The van der Waals surface area contributed by atoms with Gasteiger partial charge < -0.3 is 5.32 Å². The van der Waals surface area contributed by atoms with Gasteiger partial charge in [0, 0.05) is 13.1 Å². The number of amides is 3. The molecule has 1 fully saturated rings. The molecule has 0 radical (unpaired) electrons. The lowest BCUT2D eigenvalue weighted by Crippen LogP contribution is -2.37. The van der Waals surface area contributed by atoms with Gasteiger partial charge in [0.25, 0.3) is 17.1 Å². The lowest BCUT2D eigenvalue weighted by molar-refractivity contribution is -0.122. The number of nitrogens with zero attached hydrogens (tertiary/aromatic N) is 3. The Balaban J connectivity index is 1.39. The second-order valence-electron chi connectivity index (χ2n) is 7.39. The Labute approximate surface area is 198 Å².